The quantitative estimate of drug-likeness (QED) is 0.0368. The Morgan fingerprint density at radius 3 is 1.44 bits per heavy atom. The highest BCUT2D eigenvalue weighted by Crippen LogP contribution is 2.14. The maximum atomic E-state index is 12.3. The van der Waals surface area contributed by atoms with Crippen LogP contribution in [0.5, 0.6) is 5.75 Å². The zero-order chi connectivity index (χ0) is 46.3. The number of hydrogen-bond donors (Lipinski definition) is 7. The highest BCUT2D eigenvalue weighted by Gasteiger charge is 2.21. The predicted molar refractivity (Wildman–Crippen MR) is 237 cm³/mol. The van der Waals surface area contributed by atoms with Crippen LogP contribution in [0.15, 0.2) is 24.3 Å². The lowest BCUT2D eigenvalue weighted by Crippen LogP contribution is -2.44. The Bertz CT molecular complexity index is 1450. The first-order valence-corrected chi connectivity index (χ1v) is 22.5. The molecule has 1 unspecified atom stereocenters. The summed E-state index contributed by atoms with van der Waals surface area (Å²) >= 11 is 0. The molecule has 0 bridgehead atoms. The molecule has 0 aliphatic heterocycles. The molecule has 0 fully saturated rings. The topological polar surface area (TPSA) is 265 Å². The number of carbonyl (C=O) groups excluding carboxylic acids is 5. The number of rotatable bonds is 42. The summed E-state index contributed by atoms with van der Waals surface area (Å²) in [6.07, 6.45) is 15.7. The minimum atomic E-state index is -1.19. The van der Waals surface area contributed by atoms with Gasteiger partial charge in [-0.05, 0) is 43.4 Å². The summed E-state index contributed by atoms with van der Waals surface area (Å²) in [6.45, 7) is 1.06. The van der Waals surface area contributed by atoms with Crippen LogP contribution in [0.1, 0.15) is 121 Å². The van der Waals surface area contributed by atoms with Crippen molar-refractivity contribution in [1.29, 1.82) is 0 Å². The van der Waals surface area contributed by atoms with Crippen LogP contribution in [0.4, 0.5) is 0 Å². The van der Waals surface area contributed by atoms with Crippen LogP contribution >= 0.6 is 0 Å². The second-order valence-electron chi connectivity index (χ2n) is 15.5. The van der Waals surface area contributed by atoms with Gasteiger partial charge in [0, 0.05) is 32.4 Å². The molecule has 4 amide bonds. The van der Waals surface area contributed by atoms with Crippen molar-refractivity contribution < 1.29 is 67.8 Å². The molecule has 0 heterocycles. The number of carboxylic acid groups (broad SMARTS) is 2. The third-order valence-electron chi connectivity index (χ3n) is 9.89. The van der Waals surface area contributed by atoms with Gasteiger partial charge in [-0.2, -0.15) is 0 Å². The molecule has 1 aromatic rings. The molecule has 0 saturated heterocycles. The van der Waals surface area contributed by atoms with Crippen molar-refractivity contribution in [2.45, 2.75) is 134 Å². The van der Waals surface area contributed by atoms with Crippen molar-refractivity contribution in [2.24, 2.45) is 0 Å². The summed E-state index contributed by atoms with van der Waals surface area (Å²) in [4.78, 5) is 82.8. The Morgan fingerprint density at radius 2 is 0.952 bits per heavy atom. The molecule has 0 aromatic heterocycles. The molecule has 0 radical (unpaired) electrons. The van der Waals surface area contributed by atoms with E-state index in [1.807, 2.05) is 0 Å². The Morgan fingerprint density at radius 1 is 0.508 bits per heavy atom. The van der Waals surface area contributed by atoms with Gasteiger partial charge in [0.2, 0.25) is 23.6 Å². The normalized spacial score (nSPS) is 11.9. The van der Waals surface area contributed by atoms with Crippen LogP contribution in [0.2, 0.25) is 0 Å². The summed E-state index contributed by atoms with van der Waals surface area (Å²) in [5, 5.41) is 38.0. The van der Waals surface area contributed by atoms with E-state index in [9.17, 15) is 43.8 Å². The van der Waals surface area contributed by atoms with Gasteiger partial charge in [-0.1, -0.05) is 89.2 Å². The van der Waals surface area contributed by atoms with Crippen molar-refractivity contribution >= 4 is 49.1 Å². The average molecular weight is 893 g/mol. The first-order chi connectivity index (χ1) is 30.4. The van der Waals surface area contributed by atoms with Crippen molar-refractivity contribution in [2.75, 3.05) is 65.9 Å². The number of aromatic hydroxyl groups is 1. The summed E-state index contributed by atoms with van der Waals surface area (Å²) in [5.41, 5.74) is 0.587. The van der Waals surface area contributed by atoms with Crippen LogP contribution in [-0.2, 0) is 58.9 Å². The van der Waals surface area contributed by atoms with E-state index in [-0.39, 0.29) is 127 Å². The monoisotopic (exact) mass is 893 g/mol. The number of phenols is 1. The highest BCUT2D eigenvalue weighted by molar-refractivity contribution is 6.59. The number of amides is 4. The SMILES string of the molecule is BC(=O)C(Cc1ccc(O)cc1)NC(=O)COCCOCCNC(=O)COCCOCCNC(=O)CC[C@H](NC(=O)CCCCCCCCCCCCCCCCC(=O)O)C(=O)O. The van der Waals surface area contributed by atoms with Gasteiger partial charge in [0.1, 0.15) is 30.7 Å². The van der Waals surface area contributed by atoms with E-state index in [0.717, 1.165) is 50.5 Å². The molecule has 18 nitrogen and oxygen atoms in total. The molecule has 0 saturated carbocycles. The molecule has 356 valence electrons. The van der Waals surface area contributed by atoms with E-state index < -0.39 is 29.9 Å². The van der Waals surface area contributed by atoms with Gasteiger partial charge in [0.15, 0.2) is 7.85 Å². The molecule has 0 aliphatic rings. The van der Waals surface area contributed by atoms with E-state index in [1.165, 1.54) is 58.5 Å². The van der Waals surface area contributed by atoms with Crippen LogP contribution in [0, 0.1) is 0 Å². The van der Waals surface area contributed by atoms with Gasteiger partial charge >= 0.3 is 11.9 Å². The Kier molecular flexibility index (Phi) is 34.0. The van der Waals surface area contributed by atoms with Gasteiger partial charge < -0.3 is 60.3 Å². The minimum Gasteiger partial charge on any atom is -0.508 e. The zero-order valence-electron chi connectivity index (χ0n) is 37.3. The lowest BCUT2D eigenvalue weighted by molar-refractivity contribution is -0.142. The van der Waals surface area contributed by atoms with Gasteiger partial charge in [-0.25, -0.2) is 4.79 Å². The van der Waals surface area contributed by atoms with Gasteiger partial charge in [-0.15, -0.1) is 0 Å². The van der Waals surface area contributed by atoms with Crippen molar-refractivity contribution in [3.63, 3.8) is 0 Å². The van der Waals surface area contributed by atoms with Crippen LogP contribution < -0.4 is 21.3 Å². The van der Waals surface area contributed by atoms with E-state index in [2.05, 4.69) is 21.3 Å². The predicted octanol–water partition coefficient (Wildman–Crippen LogP) is 2.55. The molecule has 63 heavy (non-hydrogen) atoms. The van der Waals surface area contributed by atoms with E-state index in [0.29, 0.717) is 6.42 Å². The number of hydrogen-bond acceptors (Lipinski definition) is 12. The number of carboxylic acids is 2. The average Bonchev–Trinajstić information content (AvgIpc) is 3.24. The van der Waals surface area contributed by atoms with Crippen molar-refractivity contribution in [3.05, 3.63) is 29.8 Å². The van der Waals surface area contributed by atoms with Crippen molar-refractivity contribution in [3.8, 4) is 5.75 Å². The molecule has 0 spiro atoms. The lowest BCUT2D eigenvalue weighted by Gasteiger charge is -2.16. The van der Waals surface area contributed by atoms with E-state index >= 15 is 0 Å². The third kappa shape index (κ3) is 34.6. The largest absolute Gasteiger partial charge is 0.508 e. The van der Waals surface area contributed by atoms with Gasteiger partial charge in [-0.3, -0.25) is 24.0 Å². The molecule has 19 heteroatoms. The first-order valence-electron chi connectivity index (χ1n) is 22.5. The Balaban J connectivity index is 1.95. The number of benzene rings is 1. The van der Waals surface area contributed by atoms with Crippen molar-refractivity contribution in [1.82, 2.24) is 21.3 Å². The molecule has 7 N–H and O–H groups in total. The number of carbonyl (C=O) groups is 7. The van der Waals surface area contributed by atoms with E-state index in [1.54, 1.807) is 12.1 Å². The van der Waals surface area contributed by atoms with Gasteiger partial charge in [0.25, 0.3) is 0 Å². The summed E-state index contributed by atoms with van der Waals surface area (Å²) in [6, 6.07) is 4.51. The summed E-state index contributed by atoms with van der Waals surface area (Å²) in [7, 11) is 1.39. The fourth-order valence-corrected chi connectivity index (χ4v) is 6.32. The summed E-state index contributed by atoms with van der Waals surface area (Å²) in [5.74, 6) is -3.28. The van der Waals surface area contributed by atoms with Crippen LogP contribution in [-0.4, -0.2) is 142 Å². The minimum absolute atomic E-state index is 0.0350. The van der Waals surface area contributed by atoms with Crippen LogP contribution in [0.3, 0.4) is 0 Å². The maximum Gasteiger partial charge on any atom is 0.326 e. The Hall–Kier alpha value is -4.59. The van der Waals surface area contributed by atoms with Crippen LogP contribution in [0.25, 0.3) is 0 Å². The number of phenolic OH excluding ortho intramolecular Hbond substituents is 1. The Labute approximate surface area is 373 Å². The fourth-order valence-electron chi connectivity index (χ4n) is 6.32. The smallest absolute Gasteiger partial charge is 0.326 e. The fraction of sp³-hybridized carbons (Fsp3) is 0.705. The number of ether oxygens (including phenoxy) is 4. The second-order valence-corrected chi connectivity index (χ2v) is 15.5. The standard InChI is InChI=1S/C44H73BN4O14/c45-43(57)37(31-34-17-19-35(50)20-18-34)49-41(54)33-63-30-28-61-26-24-47-40(53)32-62-29-27-60-25-23-46-38(51)22-21-36(44(58)59)48-39(52)15-13-11-9-7-5-3-1-2-4-6-8-10-12-14-16-42(55)56/h17-20,36-37,50H,1-16,21-33,45H2,(H,46,51)(H,47,53)(H,48,52)(H,49,54)(H,55,56)(H,58,59)/t36-,37?/m0/s1. The molecule has 0 aliphatic carbocycles. The molecule has 2 atom stereocenters. The lowest BCUT2D eigenvalue weighted by atomic mass is 9.90. The molecular weight excluding hydrogens is 819 g/mol. The first kappa shape index (κ1) is 56.4. The summed E-state index contributed by atoms with van der Waals surface area (Å²) < 4.78 is 21.4. The molecular formula is C44H73BN4O14. The van der Waals surface area contributed by atoms with Gasteiger partial charge in [0.05, 0.1) is 45.7 Å². The number of aliphatic carboxylic acids is 2. The maximum absolute atomic E-state index is 12.3. The van der Waals surface area contributed by atoms with E-state index in [4.69, 9.17) is 24.1 Å². The zero-order valence-corrected chi connectivity index (χ0v) is 37.3. The highest BCUT2D eigenvalue weighted by atomic mass is 16.5. The number of nitrogens with one attached hydrogen (secondary N) is 4. The number of unbranched alkanes of at least 4 members (excludes halogenated alkanes) is 13. The molecule has 1 aromatic carbocycles. The third-order valence-corrected chi connectivity index (χ3v) is 9.89. The molecule has 1 rings (SSSR count). The second kappa shape index (κ2) is 37.9.